The first-order valence-corrected chi connectivity index (χ1v) is 5.66. The van der Waals surface area contributed by atoms with E-state index in [4.69, 9.17) is 16.0 Å². The van der Waals surface area contributed by atoms with Crippen LogP contribution in [0.4, 0.5) is 11.5 Å². The third-order valence-electron chi connectivity index (χ3n) is 2.59. The van der Waals surface area contributed by atoms with E-state index in [1.54, 1.807) is 11.9 Å². The van der Waals surface area contributed by atoms with Gasteiger partial charge in [-0.2, -0.15) is 0 Å². The van der Waals surface area contributed by atoms with Crippen molar-refractivity contribution < 1.29 is 9.32 Å². The summed E-state index contributed by atoms with van der Waals surface area (Å²) in [5.74, 6) is 0.615. The van der Waals surface area contributed by atoms with Crippen LogP contribution in [0.2, 0.25) is 0 Å². The lowest BCUT2D eigenvalue weighted by molar-refractivity contribution is 0.100. The Hall–Kier alpha value is -2.57. The molecule has 0 saturated carbocycles. The lowest BCUT2D eigenvalue weighted by atomic mass is 10.2. The molecule has 2 aromatic rings. The highest BCUT2D eigenvalue weighted by Crippen LogP contribution is 2.20. The molecule has 7 heteroatoms. The number of pyridine rings is 1. The largest absolute Gasteiger partial charge is 0.397 e. The summed E-state index contributed by atoms with van der Waals surface area (Å²) in [5.41, 5.74) is 12.3. The van der Waals surface area contributed by atoms with Crippen molar-refractivity contribution in [3.63, 3.8) is 0 Å². The van der Waals surface area contributed by atoms with Crippen molar-refractivity contribution in [3.8, 4) is 0 Å². The molecule has 2 aromatic heterocycles. The van der Waals surface area contributed by atoms with Crippen molar-refractivity contribution in [2.45, 2.75) is 13.5 Å². The van der Waals surface area contributed by atoms with E-state index in [1.807, 2.05) is 13.0 Å². The van der Waals surface area contributed by atoms with Crippen LogP contribution < -0.4 is 16.4 Å². The molecule has 2 heterocycles. The number of carbonyl (C=O) groups is 1. The first-order valence-electron chi connectivity index (χ1n) is 5.66. The second-order valence-corrected chi connectivity index (χ2v) is 4.29. The van der Waals surface area contributed by atoms with Crippen LogP contribution in [0.1, 0.15) is 21.8 Å². The Morgan fingerprint density at radius 1 is 1.47 bits per heavy atom. The van der Waals surface area contributed by atoms with Crippen molar-refractivity contribution in [3.05, 3.63) is 35.3 Å². The third-order valence-corrected chi connectivity index (χ3v) is 2.59. The molecule has 0 aliphatic rings. The number of hydrogen-bond donors (Lipinski definition) is 2. The summed E-state index contributed by atoms with van der Waals surface area (Å²) in [6.45, 7) is 2.27. The van der Waals surface area contributed by atoms with Crippen LogP contribution in [0.5, 0.6) is 0 Å². The monoisotopic (exact) mass is 261 g/mol. The second kappa shape index (κ2) is 4.97. The van der Waals surface area contributed by atoms with Gasteiger partial charge in [0.05, 0.1) is 24.0 Å². The molecule has 0 aromatic carbocycles. The number of primary amides is 1. The summed E-state index contributed by atoms with van der Waals surface area (Å²) in [6, 6.07) is 3.33. The second-order valence-electron chi connectivity index (χ2n) is 4.29. The van der Waals surface area contributed by atoms with Crippen molar-refractivity contribution in [1.29, 1.82) is 0 Å². The minimum absolute atomic E-state index is 0.280. The Morgan fingerprint density at radius 2 is 2.21 bits per heavy atom. The molecule has 0 atom stereocenters. The predicted molar refractivity (Wildman–Crippen MR) is 70.5 cm³/mol. The predicted octanol–water partition coefficient (Wildman–Crippen LogP) is 0.696. The van der Waals surface area contributed by atoms with Crippen LogP contribution in [0.3, 0.4) is 0 Å². The number of nitrogen functional groups attached to an aromatic ring is 1. The molecule has 7 nitrogen and oxygen atoms in total. The maximum Gasteiger partial charge on any atom is 0.252 e. The Labute approximate surface area is 110 Å². The van der Waals surface area contributed by atoms with E-state index >= 15 is 0 Å². The highest BCUT2D eigenvalue weighted by molar-refractivity contribution is 5.98. The molecule has 2 rings (SSSR count). The molecule has 0 radical (unpaired) electrons. The molecule has 19 heavy (non-hydrogen) atoms. The topological polar surface area (TPSA) is 111 Å². The number of amides is 1. The average molecular weight is 261 g/mol. The van der Waals surface area contributed by atoms with Gasteiger partial charge in [0, 0.05) is 13.1 Å². The number of aromatic nitrogens is 2. The van der Waals surface area contributed by atoms with Gasteiger partial charge in [0.1, 0.15) is 17.3 Å². The van der Waals surface area contributed by atoms with Gasteiger partial charge in [-0.1, -0.05) is 5.16 Å². The minimum atomic E-state index is -0.571. The molecule has 0 spiro atoms. The smallest absolute Gasteiger partial charge is 0.252 e. The van der Waals surface area contributed by atoms with Crippen molar-refractivity contribution in [2.75, 3.05) is 17.7 Å². The summed E-state index contributed by atoms with van der Waals surface area (Å²) >= 11 is 0. The maximum atomic E-state index is 11.4. The lowest BCUT2D eigenvalue weighted by Gasteiger charge is -2.19. The van der Waals surface area contributed by atoms with Gasteiger partial charge >= 0.3 is 0 Å². The molecular weight excluding hydrogens is 246 g/mol. The molecular formula is C12H15N5O2. The van der Waals surface area contributed by atoms with Gasteiger partial charge in [0.2, 0.25) is 0 Å². The summed E-state index contributed by atoms with van der Waals surface area (Å²) in [7, 11) is 1.79. The van der Waals surface area contributed by atoms with E-state index in [2.05, 4.69) is 10.1 Å². The van der Waals surface area contributed by atoms with Crippen LogP contribution in [0.15, 0.2) is 22.9 Å². The van der Waals surface area contributed by atoms with Crippen molar-refractivity contribution in [1.82, 2.24) is 10.1 Å². The van der Waals surface area contributed by atoms with Gasteiger partial charge in [-0.3, -0.25) is 4.79 Å². The highest BCUT2D eigenvalue weighted by Gasteiger charge is 2.15. The molecule has 0 aliphatic heterocycles. The Balaban J connectivity index is 2.28. The Bertz CT molecular complexity index is 608. The van der Waals surface area contributed by atoms with Gasteiger partial charge < -0.3 is 20.9 Å². The molecule has 4 N–H and O–H groups in total. The highest BCUT2D eigenvalue weighted by atomic mass is 16.5. The Morgan fingerprint density at radius 3 is 2.79 bits per heavy atom. The first-order chi connectivity index (χ1) is 8.97. The van der Waals surface area contributed by atoms with Crippen LogP contribution in [0, 0.1) is 6.92 Å². The minimum Gasteiger partial charge on any atom is -0.397 e. The first kappa shape index (κ1) is 12.9. The number of anilines is 2. The summed E-state index contributed by atoms with van der Waals surface area (Å²) in [5, 5.41) is 3.89. The van der Waals surface area contributed by atoms with Gasteiger partial charge in [0.25, 0.3) is 5.91 Å². The van der Waals surface area contributed by atoms with E-state index in [-0.39, 0.29) is 5.56 Å². The fourth-order valence-corrected chi connectivity index (χ4v) is 1.77. The zero-order valence-electron chi connectivity index (χ0n) is 10.8. The number of carbonyl (C=O) groups excluding carboxylic acids is 1. The van der Waals surface area contributed by atoms with Gasteiger partial charge in [-0.25, -0.2) is 4.98 Å². The van der Waals surface area contributed by atoms with E-state index in [0.29, 0.717) is 18.1 Å². The molecule has 0 fully saturated rings. The van der Waals surface area contributed by atoms with E-state index in [0.717, 1.165) is 11.5 Å². The van der Waals surface area contributed by atoms with Crippen LogP contribution in [-0.4, -0.2) is 23.1 Å². The standard InChI is InChI=1S/C12H15N5O2/c1-7-3-9(16-19-7)6-17(2)12-10(11(14)18)4-8(13)5-15-12/h3-5H,6,13H2,1-2H3,(H2,14,18). The van der Waals surface area contributed by atoms with Gasteiger partial charge in [-0.15, -0.1) is 0 Å². The summed E-state index contributed by atoms with van der Waals surface area (Å²) in [4.78, 5) is 17.3. The number of nitrogens with two attached hydrogens (primary N) is 2. The van der Waals surface area contributed by atoms with E-state index in [1.165, 1.54) is 12.3 Å². The van der Waals surface area contributed by atoms with Gasteiger partial charge in [-0.05, 0) is 13.0 Å². The fourth-order valence-electron chi connectivity index (χ4n) is 1.77. The van der Waals surface area contributed by atoms with Crippen molar-refractivity contribution >= 4 is 17.4 Å². The summed E-state index contributed by atoms with van der Waals surface area (Å²) in [6.07, 6.45) is 1.48. The van der Waals surface area contributed by atoms with E-state index < -0.39 is 5.91 Å². The zero-order valence-corrected chi connectivity index (χ0v) is 10.8. The molecule has 1 amide bonds. The summed E-state index contributed by atoms with van der Waals surface area (Å²) < 4.78 is 4.99. The van der Waals surface area contributed by atoms with Crippen LogP contribution >= 0.6 is 0 Å². The SMILES string of the molecule is Cc1cc(CN(C)c2ncc(N)cc2C(N)=O)no1. The van der Waals surface area contributed by atoms with Gasteiger partial charge in [0.15, 0.2) is 0 Å². The number of rotatable bonds is 4. The number of hydrogen-bond acceptors (Lipinski definition) is 6. The Kier molecular flexibility index (Phi) is 3.37. The van der Waals surface area contributed by atoms with Crippen LogP contribution in [-0.2, 0) is 6.54 Å². The molecule has 0 bridgehead atoms. The number of nitrogens with zero attached hydrogens (tertiary/aromatic N) is 3. The normalized spacial score (nSPS) is 10.4. The van der Waals surface area contributed by atoms with Crippen LogP contribution in [0.25, 0.3) is 0 Å². The fraction of sp³-hybridized carbons (Fsp3) is 0.250. The molecule has 0 saturated heterocycles. The number of aryl methyl sites for hydroxylation is 1. The van der Waals surface area contributed by atoms with E-state index in [9.17, 15) is 4.79 Å². The third kappa shape index (κ3) is 2.82. The molecule has 0 aliphatic carbocycles. The maximum absolute atomic E-state index is 11.4. The lowest BCUT2D eigenvalue weighted by Crippen LogP contribution is -2.23. The average Bonchev–Trinajstić information content (AvgIpc) is 2.74. The van der Waals surface area contributed by atoms with Crippen molar-refractivity contribution in [2.24, 2.45) is 5.73 Å². The molecule has 100 valence electrons. The zero-order chi connectivity index (χ0) is 14.0. The molecule has 0 unspecified atom stereocenters. The quantitative estimate of drug-likeness (QED) is 0.837.